The van der Waals surface area contributed by atoms with Crippen LogP contribution in [0.2, 0.25) is 0 Å². The Morgan fingerprint density at radius 1 is 1.14 bits per heavy atom. The smallest absolute Gasteiger partial charge is 0.265 e. The average molecular weight is 413 g/mol. The number of sulfonamides is 1. The first-order valence-corrected chi connectivity index (χ1v) is 11.0. The van der Waals surface area contributed by atoms with Crippen LogP contribution in [0, 0.1) is 13.8 Å². The second-order valence-electron chi connectivity index (χ2n) is 7.53. The minimum atomic E-state index is -3.76. The molecule has 0 fully saturated rings. The standard InChI is InChI=1S/C22H24N2O4S/c1-14-11-18(16(3)24(14)15(2)13-28-4)20(25)12-23-19-9-5-7-17-8-6-10-21(22(17)19)29(23,26)27/h5-11,15H,12-13H2,1-4H3/t15-/m0/s1. The Labute approximate surface area is 170 Å². The molecule has 3 aromatic rings. The van der Waals surface area contributed by atoms with Gasteiger partial charge in [0.05, 0.1) is 29.8 Å². The number of rotatable bonds is 6. The lowest BCUT2D eigenvalue weighted by atomic mass is 10.1. The number of ether oxygens (including phenoxy) is 1. The highest BCUT2D eigenvalue weighted by Crippen LogP contribution is 2.42. The Kier molecular flexibility index (Phi) is 4.75. The zero-order chi connectivity index (χ0) is 20.9. The minimum Gasteiger partial charge on any atom is -0.383 e. The molecule has 1 aliphatic rings. The topological polar surface area (TPSA) is 68.6 Å². The van der Waals surface area contributed by atoms with Gasteiger partial charge in [-0.15, -0.1) is 0 Å². The monoisotopic (exact) mass is 412 g/mol. The molecule has 7 heteroatoms. The van der Waals surface area contributed by atoms with Crippen LogP contribution in [-0.2, 0) is 14.8 Å². The van der Waals surface area contributed by atoms with Gasteiger partial charge in [-0.05, 0) is 44.4 Å². The predicted molar refractivity (Wildman–Crippen MR) is 113 cm³/mol. The second-order valence-corrected chi connectivity index (χ2v) is 9.36. The van der Waals surface area contributed by atoms with Gasteiger partial charge in [0, 0.05) is 29.4 Å². The molecule has 2 aromatic carbocycles. The van der Waals surface area contributed by atoms with Crippen molar-refractivity contribution >= 4 is 32.3 Å². The summed E-state index contributed by atoms with van der Waals surface area (Å²) in [6, 6.07) is 12.6. The third-order valence-corrected chi connectivity index (χ3v) is 7.40. The van der Waals surface area contributed by atoms with Crippen LogP contribution in [-0.4, -0.2) is 39.0 Å². The van der Waals surface area contributed by atoms with Gasteiger partial charge < -0.3 is 9.30 Å². The van der Waals surface area contributed by atoms with E-state index in [2.05, 4.69) is 4.57 Å². The molecule has 2 heterocycles. The summed E-state index contributed by atoms with van der Waals surface area (Å²) in [5.74, 6) is -0.220. The fourth-order valence-electron chi connectivity index (χ4n) is 4.40. The van der Waals surface area contributed by atoms with E-state index in [0.29, 0.717) is 23.2 Å². The second kappa shape index (κ2) is 7.00. The van der Waals surface area contributed by atoms with Crippen molar-refractivity contribution in [3.8, 4) is 0 Å². The number of aryl methyl sites for hydroxylation is 1. The lowest BCUT2D eigenvalue weighted by Crippen LogP contribution is -2.33. The summed E-state index contributed by atoms with van der Waals surface area (Å²) in [5.41, 5.74) is 2.88. The summed E-state index contributed by atoms with van der Waals surface area (Å²) >= 11 is 0. The van der Waals surface area contributed by atoms with Crippen LogP contribution in [0.25, 0.3) is 10.8 Å². The number of carbonyl (C=O) groups is 1. The van der Waals surface area contributed by atoms with Crippen LogP contribution in [0.5, 0.6) is 0 Å². The molecular weight excluding hydrogens is 388 g/mol. The number of hydrogen-bond donors (Lipinski definition) is 0. The first-order chi connectivity index (χ1) is 13.8. The largest absolute Gasteiger partial charge is 0.383 e. The number of hydrogen-bond acceptors (Lipinski definition) is 4. The van der Waals surface area contributed by atoms with Gasteiger partial charge in [-0.1, -0.05) is 24.3 Å². The molecule has 0 bridgehead atoms. The van der Waals surface area contributed by atoms with Crippen molar-refractivity contribution in [1.82, 2.24) is 4.57 Å². The SMILES string of the molecule is COC[C@H](C)n1c(C)cc(C(=O)CN2c3cccc4cccc(c34)S2(=O)=O)c1C. The maximum atomic E-state index is 13.2. The zero-order valence-corrected chi connectivity index (χ0v) is 17.8. The number of anilines is 1. The number of carbonyl (C=O) groups excluding carboxylic acids is 1. The Bertz CT molecular complexity index is 1220. The van der Waals surface area contributed by atoms with E-state index in [4.69, 9.17) is 4.74 Å². The highest BCUT2D eigenvalue weighted by Gasteiger charge is 2.37. The highest BCUT2D eigenvalue weighted by atomic mass is 32.2. The lowest BCUT2D eigenvalue weighted by molar-refractivity contribution is 0.100. The van der Waals surface area contributed by atoms with Gasteiger partial charge >= 0.3 is 0 Å². The van der Waals surface area contributed by atoms with E-state index >= 15 is 0 Å². The van der Waals surface area contributed by atoms with Crippen LogP contribution in [0.1, 0.15) is 34.7 Å². The zero-order valence-electron chi connectivity index (χ0n) is 17.0. The van der Waals surface area contributed by atoms with E-state index in [9.17, 15) is 13.2 Å². The van der Waals surface area contributed by atoms with Crippen molar-refractivity contribution in [1.29, 1.82) is 0 Å². The van der Waals surface area contributed by atoms with Crippen LogP contribution >= 0.6 is 0 Å². The van der Waals surface area contributed by atoms with Crippen LogP contribution < -0.4 is 4.31 Å². The maximum Gasteiger partial charge on any atom is 0.265 e. The Balaban J connectivity index is 1.72. The van der Waals surface area contributed by atoms with Gasteiger partial charge in [0.15, 0.2) is 5.78 Å². The van der Waals surface area contributed by atoms with Crippen molar-refractivity contribution in [3.05, 3.63) is 59.4 Å². The quantitative estimate of drug-likeness (QED) is 0.577. The molecule has 6 nitrogen and oxygen atoms in total. The van der Waals surface area contributed by atoms with E-state index in [-0.39, 0.29) is 23.3 Å². The molecular formula is C22H24N2O4S. The molecule has 29 heavy (non-hydrogen) atoms. The molecule has 0 radical (unpaired) electrons. The normalized spacial score (nSPS) is 15.8. The summed E-state index contributed by atoms with van der Waals surface area (Å²) < 4.78 is 34.8. The maximum absolute atomic E-state index is 13.2. The summed E-state index contributed by atoms with van der Waals surface area (Å²) in [6.45, 7) is 6.17. The molecule has 152 valence electrons. The van der Waals surface area contributed by atoms with Crippen molar-refractivity contribution in [2.45, 2.75) is 31.7 Å². The first-order valence-electron chi connectivity index (χ1n) is 9.52. The van der Waals surface area contributed by atoms with Gasteiger partial charge in [-0.25, -0.2) is 8.42 Å². The first kappa shape index (κ1) is 19.7. The van der Waals surface area contributed by atoms with Gasteiger partial charge in [0.1, 0.15) is 0 Å². The number of Topliss-reactive ketones (excluding diaryl/α,β-unsaturated/α-hetero) is 1. The van der Waals surface area contributed by atoms with Crippen LogP contribution in [0.3, 0.4) is 0 Å². The molecule has 1 aromatic heterocycles. The molecule has 0 saturated heterocycles. The fourth-order valence-corrected chi connectivity index (χ4v) is 6.06. The molecule has 4 rings (SSSR count). The molecule has 0 amide bonds. The van der Waals surface area contributed by atoms with E-state index in [1.54, 1.807) is 25.3 Å². The van der Waals surface area contributed by atoms with Gasteiger partial charge in [-0.3, -0.25) is 9.10 Å². The number of ketones is 1. The van der Waals surface area contributed by atoms with Gasteiger partial charge in [0.2, 0.25) is 0 Å². The highest BCUT2D eigenvalue weighted by molar-refractivity contribution is 7.93. The number of nitrogens with zero attached hydrogens (tertiary/aromatic N) is 2. The summed E-state index contributed by atoms with van der Waals surface area (Å²) in [7, 11) is -2.11. The number of methoxy groups -OCH3 is 1. The summed E-state index contributed by atoms with van der Waals surface area (Å²) in [5, 5.41) is 1.53. The van der Waals surface area contributed by atoms with Gasteiger partial charge in [-0.2, -0.15) is 0 Å². The van der Waals surface area contributed by atoms with Gasteiger partial charge in [0.25, 0.3) is 10.0 Å². The van der Waals surface area contributed by atoms with Crippen LogP contribution in [0.15, 0.2) is 47.4 Å². The third-order valence-electron chi connectivity index (χ3n) is 5.60. The van der Waals surface area contributed by atoms with Crippen molar-refractivity contribution in [2.75, 3.05) is 24.6 Å². The van der Waals surface area contributed by atoms with Crippen molar-refractivity contribution < 1.29 is 17.9 Å². The van der Waals surface area contributed by atoms with E-state index in [0.717, 1.165) is 16.8 Å². The molecule has 0 unspecified atom stereocenters. The van der Waals surface area contributed by atoms with Crippen molar-refractivity contribution in [3.63, 3.8) is 0 Å². The Morgan fingerprint density at radius 2 is 1.83 bits per heavy atom. The number of benzene rings is 2. The van der Waals surface area contributed by atoms with Crippen molar-refractivity contribution in [2.24, 2.45) is 0 Å². The van der Waals surface area contributed by atoms with E-state index in [1.165, 1.54) is 4.31 Å². The average Bonchev–Trinajstić information content (AvgIpc) is 3.09. The lowest BCUT2D eigenvalue weighted by Gasteiger charge is -2.19. The fraction of sp³-hybridized carbons (Fsp3) is 0.318. The Hall–Kier alpha value is -2.64. The molecule has 0 spiro atoms. The Morgan fingerprint density at radius 3 is 2.52 bits per heavy atom. The molecule has 1 aliphatic heterocycles. The van der Waals surface area contributed by atoms with E-state index in [1.807, 2.05) is 45.0 Å². The number of aromatic nitrogens is 1. The minimum absolute atomic E-state index is 0.0788. The van der Waals surface area contributed by atoms with Crippen LogP contribution in [0.4, 0.5) is 5.69 Å². The molecule has 0 N–H and O–H groups in total. The third kappa shape index (κ3) is 2.96. The molecule has 0 saturated carbocycles. The van der Waals surface area contributed by atoms with E-state index < -0.39 is 10.0 Å². The molecule has 1 atom stereocenters. The summed E-state index contributed by atoms with van der Waals surface area (Å²) in [6.07, 6.45) is 0. The molecule has 0 aliphatic carbocycles. The predicted octanol–water partition coefficient (Wildman–Crippen LogP) is 3.86. The summed E-state index contributed by atoms with van der Waals surface area (Å²) in [4.78, 5) is 13.4.